The quantitative estimate of drug-likeness (QED) is 0.0594. The lowest BCUT2D eigenvalue weighted by Gasteiger charge is -2.49. The zero-order valence-corrected chi connectivity index (χ0v) is 33.2. The van der Waals surface area contributed by atoms with E-state index in [0.717, 1.165) is 10.5 Å². The number of nitrogens with zero attached hydrogens (tertiary/aromatic N) is 3. The molecule has 0 radical (unpaired) electrons. The second-order valence-electron chi connectivity index (χ2n) is 13.9. The number of aromatic nitrogens is 1. The van der Waals surface area contributed by atoms with E-state index in [1.54, 1.807) is 75.1 Å². The number of carbonyl (C=O) groups is 4. The van der Waals surface area contributed by atoms with Crippen LogP contribution >= 0.6 is 22.9 Å². The number of benzene rings is 2. The third kappa shape index (κ3) is 9.73. The molecule has 0 saturated carbocycles. The predicted molar refractivity (Wildman–Crippen MR) is 202 cm³/mol. The summed E-state index contributed by atoms with van der Waals surface area (Å²) in [5, 5.41) is 5.46. The number of Topliss-reactive ketones (excluding diaryl/α,β-unsaturated/α-hetero) is 1. The second-order valence-corrected chi connectivity index (χ2v) is 16.7. The van der Waals surface area contributed by atoms with E-state index in [1.165, 1.54) is 11.3 Å². The van der Waals surface area contributed by atoms with Gasteiger partial charge in [0.1, 0.15) is 41.5 Å². The highest BCUT2D eigenvalue weighted by atomic mass is 35.5. The first-order valence-electron chi connectivity index (χ1n) is 17.0. The number of rotatable bonds is 16. The number of ether oxygens (including phenoxy) is 4. The maximum absolute atomic E-state index is 14.0. The number of hydrogen-bond donors (Lipinski definition) is 0. The van der Waals surface area contributed by atoms with Crippen molar-refractivity contribution in [2.45, 2.75) is 65.2 Å². The molecule has 54 heavy (non-hydrogen) atoms. The summed E-state index contributed by atoms with van der Waals surface area (Å²) in [6, 6.07) is 14.0. The molecule has 2 aliphatic heterocycles. The molecular weight excluding hydrogens is 758 g/mol. The zero-order valence-electron chi connectivity index (χ0n) is 30.8. The van der Waals surface area contributed by atoms with E-state index in [9.17, 15) is 23.4 Å². The Hall–Kier alpha value is -4.60. The normalized spacial score (nSPS) is 19.0. The number of esters is 2. The van der Waals surface area contributed by atoms with Gasteiger partial charge in [0.05, 0.1) is 30.9 Å². The third-order valence-electron chi connectivity index (χ3n) is 8.60. The molecule has 288 valence electrons. The average molecular weight is 800 g/mol. The highest BCUT2D eigenvalue weighted by Crippen LogP contribution is 2.41. The van der Waals surface area contributed by atoms with Gasteiger partial charge in [-0.2, -0.15) is 0 Å². The minimum absolute atomic E-state index is 0.0245. The smallest absolute Gasteiger partial charge is 0.355 e. The number of carbonyl (C=O) groups excluding carboxylic acids is 4. The molecule has 1 fully saturated rings. The summed E-state index contributed by atoms with van der Waals surface area (Å²) in [5.41, 5.74) is 1.26. The fourth-order valence-electron chi connectivity index (χ4n) is 5.84. The fraction of sp³-hybridized carbons (Fsp3) is 0.421. The Morgan fingerprint density at radius 1 is 1.00 bits per heavy atom. The van der Waals surface area contributed by atoms with Gasteiger partial charge in [-0.15, -0.1) is 22.9 Å². The van der Waals surface area contributed by atoms with Crippen LogP contribution in [0.5, 0.6) is 11.5 Å². The van der Waals surface area contributed by atoms with E-state index in [1.807, 2.05) is 20.8 Å². The number of aryl methyl sites for hydroxylation is 1. The summed E-state index contributed by atoms with van der Waals surface area (Å²) in [4.78, 5) is 65.7. The number of halogens is 1. The van der Waals surface area contributed by atoms with Crippen molar-refractivity contribution < 1.29 is 47.2 Å². The Morgan fingerprint density at radius 2 is 1.59 bits per heavy atom. The monoisotopic (exact) mass is 799 g/mol. The molecule has 16 heteroatoms. The third-order valence-corrected chi connectivity index (χ3v) is 11.4. The number of thiazole rings is 1. The van der Waals surface area contributed by atoms with Crippen LogP contribution in [0.15, 0.2) is 70.3 Å². The molecule has 13 nitrogen and oxygen atoms in total. The van der Waals surface area contributed by atoms with Crippen molar-refractivity contribution in [2.75, 3.05) is 25.9 Å². The van der Waals surface area contributed by atoms with Gasteiger partial charge in [0.25, 0.3) is 0 Å². The van der Waals surface area contributed by atoms with Gasteiger partial charge in [-0.25, -0.2) is 14.6 Å². The maximum Gasteiger partial charge on any atom is 0.355 e. The van der Waals surface area contributed by atoms with Crippen molar-refractivity contribution in [3.63, 3.8) is 0 Å². The second kappa shape index (κ2) is 17.7. The van der Waals surface area contributed by atoms with Crippen LogP contribution < -0.4 is 9.47 Å². The standard InChI is InChI=1S/C38H42ClN3O10S2/c1-22-40-29(20-53-22)32(41-52-31(16-38(2,3)4)36(45)50-18-23-7-11-26(48-5)12-8-23)30(43)15-28-34(44)42-33(25(17-39)21-54(47)35(28)42)37(46)51-19-24-9-13-27(49-6)14-10-24/h7-14,20,28,31,35H,15-19,21H2,1-6H3/b41-32-/t28-,31+,35-,54?/m1/s1. The summed E-state index contributed by atoms with van der Waals surface area (Å²) >= 11 is 7.43. The van der Waals surface area contributed by atoms with Crippen LogP contribution in [-0.2, 0) is 57.5 Å². The van der Waals surface area contributed by atoms with Crippen LogP contribution in [0.2, 0.25) is 0 Å². The fourth-order valence-corrected chi connectivity index (χ4v) is 8.55. The highest BCUT2D eigenvalue weighted by molar-refractivity contribution is 7.86. The molecule has 0 aliphatic carbocycles. The van der Waals surface area contributed by atoms with Crippen molar-refractivity contribution in [1.29, 1.82) is 0 Å². The van der Waals surface area contributed by atoms with E-state index in [-0.39, 0.29) is 48.4 Å². The Labute approximate surface area is 325 Å². The van der Waals surface area contributed by atoms with E-state index in [2.05, 4.69) is 10.1 Å². The van der Waals surface area contributed by atoms with Gasteiger partial charge in [-0.1, -0.05) is 50.2 Å². The van der Waals surface area contributed by atoms with Crippen molar-refractivity contribution in [1.82, 2.24) is 9.88 Å². The van der Waals surface area contributed by atoms with Gasteiger partial charge < -0.3 is 23.8 Å². The van der Waals surface area contributed by atoms with Crippen LogP contribution in [0.1, 0.15) is 55.4 Å². The minimum Gasteiger partial charge on any atom is -0.497 e. The van der Waals surface area contributed by atoms with Crippen molar-refractivity contribution >= 4 is 63.1 Å². The SMILES string of the molecule is COc1ccc(COC(=O)C2=C(CCl)CS(=O)[C@@H]3[C@H](CC(=O)/C(=N\O[C@@H](CC(C)(C)C)C(=O)OCc4ccc(OC)cc4)c4csc(C)n4)C(=O)N23)cc1. The van der Waals surface area contributed by atoms with Gasteiger partial charge in [-0.3, -0.25) is 18.7 Å². The first-order valence-corrected chi connectivity index (χ1v) is 19.8. The summed E-state index contributed by atoms with van der Waals surface area (Å²) in [7, 11) is 1.43. The number of hydrogen-bond acceptors (Lipinski definition) is 13. The molecule has 1 amide bonds. The molecule has 4 atom stereocenters. The summed E-state index contributed by atoms with van der Waals surface area (Å²) in [5.74, 6) is -2.63. The number of alkyl halides is 1. The average Bonchev–Trinajstić information content (AvgIpc) is 3.59. The first kappa shape index (κ1) is 40.6. The Morgan fingerprint density at radius 3 is 2.11 bits per heavy atom. The summed E-state index contributed by atoms with van der Waals surface area (Å²) in [6.07, 6.45) is -1.37. The first-order chi connectivity index (χ1) is 25.7. The van der Waals surface area contributed by atoms with E-state index in [0.29, 0.717) is 27.6 Å². The molecule has 0 N–H and O–H groups in total. The lowest BCUT2D eigenvalue weighted by Crippen LogP contribution is -2.66. The molecule has 5 rings (SSSR count). The molecule has 3 aromatic rings. The molecule has 0 bridgehead atoms. The van der Waals surface area contributed by atoms with Crippen LogP contribution in [-0.4, -0.2) is 80.8 Å². The van der Waals surface area contributed by atoms with Crippen LogP contribution in [0, 0.1) is 18.3 Å². The van der Waals surface area contributed by atoms with E-state index < -0.39 is 63.7 Å². The lowest BCUT2D eigenvalue weighted by atomic mass is 9.89. The van der Waals surface area contributed by atoms with Crippen molar-refractivity contribution in [3.8, 4) is 11.5 Å². The van der Waals surface area contributed by atoms with E-state index >= 15 is 0 Å². The van der Waals surface area contributed by atoms with Crippen LogP contribution in [0.4, 0.5) is 0 Å². The highest BCUT2D eigenvalue weighted by Gasteiger charge is 2.57. The predicted octanol–water partition coefficient (Wildman–Crippen LogP) is 5.48. The van der Waals surface area contributed by atoms with Gasteiger partial charge >= 0.3 is 11.9 Å². The summed E-state index contributed by atoms with van der Waals surface area (Å²) in [6.45, 7) is 7.41. The topological polar surface area (TPSA) is 160 Å². The number of ketones is 1. The Kier molecular flexibility index (Phi) is 13.3. The maximum atomic E-state index is 14.0. The molecule has 2 aromatic carbocycles. The van der Waals surface area contributed by atoms with Crippen molar-refractivity contribution in [2.24, 2.45) is 16.5 Å². The van der Waals surface area contributed by atoms with Gasteiger partial charge in [-0.05, 0) is 53.3 Å². The number of amides is 1. The van der Waals surface area contributed by atoms with Crippen molar-refractivity contribution in [3.05, 3.63) is 87.0 Å². The molecule has 0 spiro atoms. The minimum atomic E-state index is -1.67. The molecule has 3 heterocycles. The van der Waals surface area contributed by atoms with E-state index in [4.69, 9.17) is 35.4 Å². The van der Waals surface area contributed by atoms with Crippen LogP contribution in [0.25, 0.3) is 0 Å². The molecule has 2 aliphatic rings. The molecule has 1 saturated heterocycles. The van der Waals surface area contributed by atoms with Gasteiger partial charge in [0, 0.05) is 34.9 Å². The summed E-state index contributed by atoms with van der Waals surface area (Å²) < 4.78 is 34.9. The molecule has 1 aromatic heterocycles. The molecular formula is C38H42ClN3O10S2. The number of methoxy groups -OCH3 is 2. The van der Waals surface area contributed by atoms with Crippen LogP contribution in [0.3, 0.4) is 0 Å². The Bertz CT molecular complexity index is 1950. The largest absolute Gasteiger partial charge is 0.497 e. The number of fused-ring (bicyclic) bond motifs is 1. The zero-order chi connectivity index (χ0) is 39.2. The molecule has 1 unspecified atom stereocenters. The van der Waals surface area contributed by atoms with Gasteiger partial charge in [0.15, 0.2) is 11.5 Å². The Balaban J connectivity index is 1.32. The lowest BCUT2D eigenvalue weighted by molar-refractivity contribution is -0.160. The number of β-lactam (4-membered cyclic amide) rings is 1. The number of oxime groups is 1. The van der Waals surface area contributed by atoms with Gasteiger partial charge in [0.2, 0.25) is 12.0 Å².